The molecule has 1 fully saturated rings. The third-order valence-corrected chi connectivity index (χ3v) is 5.40. The van der Waals surface area contributed by atoms with Crippen LogP contribution in [0.5, 0.6) is 0 Å². The molecule has 9 heteroatoms. The van der Waals surface area contributed by atoms with Crippen molar-refractivity contribution in [3.8, 4) is 0 Å². The van der Waals surface area contributed by atoms with Gasteiger partial charge >= 0.3 is 0 Å². The summed E-state index contributed by atoms with van der Waals surface area (Å²) in [5.41, 5.74) is 0.875. The number of benzene rings is 1. The molecule has 3 N–H and O–H groups in total. The second-order valence-corrected chi connectivity index (χ2v) is 7.84. The molecule has 1 aliphatic rings. The van der Waals surface area contributed by atoms with Crippen LogP contribution in [0, 0.1) is 0 Å². The molecule has 0 atom stereocenters. The number of rotatable bonds is 7. The maximum absolute atomic E-state index is 12.1. The molecule has 0 aromatic heterocycles. The van der Waals surface area contributed by atoms with Crippen molar-refractivity contribution < 1.29 is 18.0 Å². The van der Waals surface area contributed by atoms with Crippen LogP contribution in [0.1, 0.15) is 18.9 Å². The van der Waals surface area contributed by atoms with Crippen LogP contribution in [0.25, 0.3) is 0 Å². The van der Waals surface area contributed by atoms with Gasteiger partial charge in [0.1, 0.15) is 6.42 Å². The zero-order valence-corrected chi connectivity index (χ0v) is 15.8. The van der Waals surface area contributed by atoms with E-state index >= 15 is 0 Å². The Labute approximate surface area is 154 Å². The number of primary sulfonamides is 1. The van der Waals surface area contributed by atoms with Gasteiger partial charge in [-0.05, 0) is 30.7 Å². The molecule has 0 aliphatic carbocycles. The SMILES string of the molecule is CCN1CCN(C(=O)CC(=O)NCCc2ccc(S(N)(=O)=O)cc2)CC1. The molecule has 1 aromatic carbocycles. The number of hydrogen-bond acceptors (Lipinski definition) is 5. The van der Waals surface area contributed by atoms with Crippen molar-refractivity contribution in [1.29, 1.82) is 0 Å². The van der Waals surface area contributed by atoms with Gasteiger partial charge in [0.05, 0.1) is 4.90 Å². The van der Waals surface area contributed by atoms with E-state index in [-0.39, 0.29) is 23.1 Å². The van der Waals surface area contributed by atoms with E-state index < -0.39 is 10.0 Å². The molecule has 26 heavy (non-hydrogen) atoms. The minimum absolute atomic E-state index is 0.0547. The molecule has 144 valence electrons. The van der Waals surface area contributed by atoms with Gasteiger partial charge in [-0.1, -0.05) is 19.1 Å². The van der Waals surface area contributed by atoms with E-state index in [1.165, 1.54) is 12.1 Å². The summed E-state index contributed by atoms with van der Waals surface area (Å²) < 4.78 is 22.4. The average molecular weight is 382 g/mol. The Balaban J connectivity index is 1.71. The van der Waals surface area contributed by atoms with Crippen molar-refractivity contribution in [3.63, 3.8) is 0 Å². The number of nitrogens with zero attached hydrogens (tertiary/aromatic N) is 2. The smallest absolute Gasteiger partial charge is 0.238 e. The zero-order valence-electron chi connectivity index (χ0n) is 15.0. The van der Waals surface area contributed by atoms with Gasteiger partial charge in [-0.25, -0.2) is 13.6 Å². The number of carbonyl (C=O) groups excluding carboxylic acids is 2. The Morgan fingerprint density at radius 1 is 1.12 bits per heavy atom. The quantitative estimate of drug-likeness (QED) is 0.620. The largest absolute Gasteiger partial charge is 0.355 e. The standard InChI is InChI=1S/C17H26N4O4S/c1-2-20-9-11-21(12-10-20)17(23)13-16(22)19-8-7-14-3-5-15(6-4-14)26(18,24)25/h3-6H,2,7-13H2,1H3,(H,19,22)(H2,18,24,25). The molecular formula is C17H26N4O4S. The summed E-state index contributed by atoms with van der Waals surface area (Å²) in [5.74, 6) is -0.440. The maximum Gasteiger partial charge on any atom is 0.238 e. The second-order valence-electron chi connectivity index (χ2n) is 6.28. The second kappa shape index (κ2) is 9.11. The third kappa shape index (κ3) is 6.08. The third-order valence-electron chi connectivity index (χ3n) is 4.47. The topological polar surface area (TPSA) is 113 Å². The summed E-state index contributed by atoms with van der Waals surface area (Å²) in [6.45, 7) is 6.46. The molecule has 2 amide bonds. The van der Waals surface area contributed by atoms with Crippen molar-refractivity contribution in [1.82, 2.24) is 15.1 Å². The zero-order chi connectivity index (χ0) is 19.2. The van der Waals surface area contributed by atoms with Crippen LogP contribution >= 0.6 is 0 Å². The summed E-state index contributed by atoms with van der Waals surface area (Å²) in [5, 5.41) is 7.77. The molecule has 0 bridgehead atoms. The summed E-state index contributed by atoms with van der Waals surface area (Å²) in [6, 6.07) is 6.19. The Morgan fingerprint density at radius 2 is 1.73 bits per heavy atom. The predicted octanol–water partition coefficient (Wildman–Crippen LogP) is -0.453. The number of nitrogens with one attached hydrogen (secondary N) is 1. The number of amides is 2. The fraction of sp³-hybridized carbons (Fsp3) is 0.529. The van der Waals surface area contributed by atoms with Crippen molar-refractivity contribution in [2.45, 2.75) is 24.7 Å². The van der Waals surface area contributed by atoms with Gasteiger partial charge in [0, 0.05) is 32.7 Å². The van der Waals surface area contributed by atoms with Gasteiger partial charge in [-0.15, -0.1) is 0 Å². The lowest BCUT2D eigenvalue weighted by Crippen LogP contribution is -2.49. The van der Waals surface area contributed by atoms with E-state index in [2.05, 4.69) is 17.1 Å². The Kier molecular flexibility index (Phi) is 7.13. The molecule has 0 radical (unpaired) electrons. The first-order valence-electron chi connectivity index (χ1n) is 8.68. The van der Waals surface area contributed by atoms with Gasteiger partial charge < -0.3 is 15.1 Å². The molecule has 1 aromatic rings. The van der Waals surface area contributed by atoms with Gasteiger partial charge in [0.2, 0.25) is 21.8 Å². The summed E-state index contributed by atoms with van der Waals surface area (Å²) >= 11 is 0. The molecule has 8 nitrogen and oxygen atoms in total. The fourth-order valence-electron chi connectivity index (χ4n) is 2.82. The molecular weight excluding hydrogens is 356 g/mol. The number of likely N-dealkylation sites (N-methyl/N-ethyl adjacent to an activating group) is 1. The maximum atomic E-state index is 12.1. The van der Waals surface area contributed by atoms with Crippen molar-refractivity contribution in [3.05, 3.63) is 29.8 Å². The van der Waals surface area contributed by atoms with Gasteiger partial charge in [-0.2, -0.15) is 0 Å². The lowest BCUT2D eigenvalue weighted by atomic mass is 10.1. The minimum Gasteiger partial charge on any atom is -0.355 e. The molecule has 1 aliphatic heterocycles. The first kappa shape index (κ1) is 20.3. The van der Waals surface area contributed by atoms with Gasteiger partial charge in [-0.3, -0.25) is 9.59 Å². The molecule has 0 unspecified atom stereocenters. The Bertz CT molecular complexity index is 726. The molecule has 1 heterocycles. The van der Waals surface area contributed by atoms with Crippen LogP contribution in [0.3, 0.4) is 0 Å². The van der Waals surface area contributed by atoms with Gasteiger partial charge in [0.25, 0.3) is 0 Å². The molecule has 0 spiro atoms. The molecule has 1 saturated heterocycles. The Hall–Kier alpha value is -1.97. The number of hydrogen-bond donors (Lipinski definition) is 2. The van der Waals surface area contributed by atoms with Crippen molar-refractivity contribution >= 4 is 21.8 Å². The van der Waals surface area contributed by atoms with E-state index in [4.69, 9.17) is 5.14 Å². The van der Waals surface area contributed by atoms with Crippen LogP contribution in [-0.2, 0) is 26.0 Å². The van der Waals surface area contributed by atoms with Crippen LogP contribution in [0.4, 0.5) is 0 Å². The Morgan fingerprint density at radius 3 is 2.27 bits per heavy atom. The number of nitrogens with two attached hydrogens (primary N) is 1. The van der Waals surface area contributed by atoms with Gasteiger partial charge in [0.15, 0.2) is 0 Å². The van der Waals surface area contributed by atoms with Crippen LogP contribution in [0.15, 0.2) is 29.2 Å². The van der Waals surface area contributed by atoms with Crippen LogP contribution in [-0.4, -0.2) is 69.3 Å². The fourth-order valence-corrected chi connectivity index (χ4v) is 3.33. The first-order chi connectivity index (χ1) is 12.3. The number of sulfonamides is 1. The highest BCUT2D eigenvalue weighted by Gasteiger charge is 2.21. The summed E-state index contributed by atoms with van der Waals surface area (Å²) in [7, 11) is -3.70. The highest BCUT2D eigenvalue weighted by Crippen LogP contribution is 2.09. The lowest BCUT2D eigenvalue weighted by molar-refractivity contribution is -0.137. The summed E-state index contributed by atoms with van der Waals surface area (Å²) in [6.07, 6.45) is 0.399. The number of piperazine rings is 1. The van der Waals surface area contributed by atoms with Crippen molar-refractivity contribution in [2.24, 2.45) is 5.14 Å². The van der Waals surface area contributed by atoms with E-state index in [0.29, 0.717) is 26.1 Å². The summed E-state index contributed by atoms with van der Waals surface area (Å²) in [4.78, 5) is 28.1. The predicted molar refractivity (Wildman–Crippen MR) is 97.8 cm³/mol. The average Bonchev–Trinajstić information content (AvgIpc) is 2.61. The minimum atomic E-state index is -3.70. The van der Waals surface area contributed by atoms with Crippen LogP contribution < -0.4 is 10.5 Å². The lowest BCUT2D eigenvalue weighted by Gasteiger charge is -2.33. The van der Waals surface area contributed by atoms with E-state index in [9.17, 15) is 18.0 Å². The highest BCUT2D eigenvalue weighted by molar-refractivity contribution is 7.89. The molecule has 0 saturated carbocycles. The van der Waals surface area contributed by atoms with E-state index in [1.807, 2.05) is 0 Å². The van der Waals surface area contributed by atoms with E-state index in [1.54, 1.807) is 17.0 Å². The molecule has 2 rings (SSSR count). The highest BCUT2D eigenvalue weighted by atomic mass is 32.2. The van der Waals surface area contributed by atoms with E-state index in [0.717, 1.165) is 25.2 Å². The monoisotopic (exact) mass is 382 g/mol. The number of carbonyl (C=O) groups is 2. The van der Waals surface area contributed by atoms with Crippen LogP contribution in [0.2, 0.25) is 0 Å². The van der Waals surface area contributed by atoms with Crippen molar-refractivity contribution in [2.75, 3.05) is 39.3 Å². The normalized spacial score (nSPS) is 15.7. The first-order valence-corrected chi connectivity index (χ1v) is 10.2.